The number of carbonyl (C=O) groups excluding carboxylic acids is 1. The van der Waals surface area contributed by atoms with E-state index >= 15 is 0 Å². The van der Waals surface area contributed by atoms with Crippen molar-refractivity contribution in [1.82, 2.24) is 9.88 Å². The van der Waals surface area contributed by atoms with Crippen molar-refractivity contribution in [1.29, 1.82) is 0 Å². The van der Waals surface area contributed by atoms with E-state index in [1.807, 2.05) is 11.0 Å². The number of hydrogen-bond donors (Lipinski definition) is 0. The summed E-state index contributed by atoms with van der Waals surface area (Å²) in [4.78, 5) is 18.6. The van der Waals surface area contributed by atoms with E-state index < -0.39 is 0 Å². The zero-order valence-electron chi connectivity index (χ0n) is 11.7. The van der Waals surface area contributed by atoms with Crippen LogP contribution < -0.4 is 0 Å². The first-order valence-corrected chi connectivity index (χ1v) is 8.27. The molecule has 106 valence electrons. The van der Waals surface area contributed by atoms with Gasteiger partial charge in [-0.15, -0.1) is 11.3 Å². The third kappa shape index (κ3) is 3.18. The monoisotopic (exact) mass is 288 g/mol. The summed E-state index contributed by atoms with van der Waals surface area (Å²) in [6.07, 6.45) is 6.08. The number of benzene rings is 1. The SMILES string of the molecule is O=C(CCCCc1nc2ccccc2s1)N1CCCC1. The number of amides is 1. The van der Waals surface area contributed by atoms with Crippen molar-refractivity contribution in [3.05, 3.63) is 29.3 Å². The Morgan fingerprint density at radius 1 is 1.20 bits per heavy atom. The minimum absolute atomic E-state index is 0.340. The third-order valence-electron chi connectivity index (χ3n) is 3.83. The zero-order valence-corrected chi connectivity index (χ0v) is 12.5. The van der Waals surface area contributed by atoms with E-state index in [-0.39, 0.29) is 0 Å². The molecule has 0 unspecified atom stereocenters. The Hall–Kier alpha value is -1.42. The van der Waals surface area contributed by atoms with E-state index in [0.717, 1.165) is 37.9 Å². The van der Waals surface area contributed by atoms with Crippen LogP contribution in [0.2, 0.25) is 0 Å². The van der Waals surface area contributed by atoms with Crippen LogP contribution in [0.15, 0.2) is 24.3 Å². The van der Waals surface area contributed by atoms with Gasteiger partial charge in [0, 0.05) is 19.5 Å². The lowest BCUT2D eigenvalue weighted by Gasteiger charge is -2.14. The summed E-state index contributed by atoms with van der Waals surface area (Å²) in [5.74, 6) is 0.340. The number of unbranched alkanes of at least 4 members (excludes halogenated alkanes) is 1. The summed E-state index contributed by atoms with van der Waals surface area (Å²) >= 11 is 1.77. The molecule has 2 aromatic rings. The van der Waals surface area contributed by atoms with Gasteiger partial charge in [-0.3, -0.25) is 4.79 Å². The molecule has 3 nitrogen and oxygen atoms in total. The second-order valence-electron chi connectivity index (χ2n) is 5.37. The van der Waals surface area contributed by atoms with Crippen LogP contribution in [0.25, 0.3) is 10.2 Å². The second-order valence-corrected chi connectivity index (χ2v) is 6.49. The Kier molecular flexibility index (Phi) is 4.31. The molecule has 0 radical (unpaired) electrons. The molecule has 1 aliphatic rings. The fraction of sp³-hybridized carbons (Fsp3) is 0.500. The van der Waals surface area contributed by atoms with Gasteiger partial charge in [0.15, 0.2) is 0 Å². The first kappa shape index (κ1) is 13.6. The van der Waals surface area contributed by atoms with Gasteiger partial charge in [-0.05, 0) is 44.2 Å². The predicted octanol–water partition coefficient (Wildman–Crippen LogP) is 3.63. The van der Waals surface area contributed by atoms with Crippen LogP contribution in [0.4, 0.5) is 0 Å². The highest BCUT2D eigenvalue weighted by Gasteiger charge is 2.16. The molecule has 1 aromatic heterocycles. The molecular weight excluding hydrogens is 268 g/mol. The van der Waals surface area contributed by atoms with Gasteiger partial charge in [0.25, 0.3) is 0 Å². The molecule has 2 heterocycles. The lowest BCUT2D eigenvalue weighted by molar-refractivity contribution is -0.130. The van der Waals surface area contributed by atoms with Gasteiger partial charge < -0.3 is 4.90 Å². The Morgan fingerprint density at radius 2 is 2.00 bits per heavy atom. The molecule has 1 aromatic carbocycles. The topological polar surface area (TPSA) is 33.2 Å². The van der Waals surface area contributed by atoms with Crippen molar-refractivity contribution in [2.45, 2.75) is 38.5 Å². The molecule has 4 heteroatoms. The molecule has 1 aliphatic heterocycles. The van der Waals surface area contributed by atoms with Crippen molar-refractivity contribution in [3.63, 3.8) is 0 Å². The first-order valence-electron chi connectivity index (χ1n) is 7.45. The summed E-state index contributed by atoms with van der Waals surface area (Å²) in [5, 5.41) is 1.19. The van der Waals surface area contributed by atoms with Crippen LogP contribution in [0, 0.1) is 0 Å². The Bertz CT molecular complexity index is 554. The minimum atomic E-state index is 0.340. The van der Waals surface area contributed by atoms with Gasteiger partial charge in [0.1, 0.15) is 0 Å². The minimum Gasteiger partial charge on any atom is -0.343 e. The zero-order chi connectivity index (χ0) is 13.8. The molecule has 0 atom stereocenters. The van der Waals surface area contributed by atoms with Gasteiger partial charge in [-0.25, -0.2) is 4.98 Å². The third-order valence-corrected chi connectivity index (χ3v) is 4.92. The highest BCUT2D eigenvalue weighted by atomic mass is 32.1. The Labute approximate surface area is 123 Å². The van der Waals surface area contributed by atoms with Crippen molar-refractivity contribution in [2.75, 3.05) is 13.1 Å². The number of aromatic nitrogens is 1. The van der Waals surface area contributed by atoms with Crippen molar-refractivity contribution in [2.24, 2.45) is 0 Å². The smallest absolute Gasteiger partial charge is 0.222 e. The van der Waals surface area contributed by atoms with Crippen LogP contribution in [0.3, 0.4) is 0 Å². The second kappa shape index (κ2) is 6.35. The molecule has 1 fully saturated rings. The average Bonchev–Trinajstić information content (AvgIpc) is 3.11. The molecule has 0 saturated carbocycles. The molecule has 0 aliphatic carbocycles. The quantitative estimate of drug-likeness (QED) is 0.787. The molecule has 0 bridgehead atoms. The average molecular weight is 288 g/mol. The Balaban J connectivity index is 1.44. The van der Waals surface area contributed by atoms with Crippen LogP contribution in [-0.2, 0) is 11.2 Å². The van der Waals surface area contributed by atoms with E-state index in [0.29, 0.717) is 12.3 Å². The number of thiazole rings is 1. The highest BCUT2D eigenvalue weighted by molar-refractivity contribution is 7.18. The molecule has 0 N–H and O–H groups in total. The molecule has 3 rings (SSSR count). The van der Waals surface area contributed by atoms with Crippen molar-refractivity contribution >= 4 is 27.5 Å². The number of hydrogen-bond acceptors (Lipinski definition) is 3. The number of likely N-dealkylation sites (tertiary alicyclic amines) is 1. The van der Waals surface area contributed by atoms with Crippen molar-refractivity contribution < 1.29 is 4.79 Å². The maximum Gasteiger partial charge on any atom is 0.222 e. The van der Waals surface area contributed by atoms with Crippen LogP contribution >= 0.6 is 11.3 Å². The highest BCUT2D eigenvalue weighted by Crippen LogP contribution is 2.23. The number of carbonyl (C=O) groups is 1. The standard InChI is InChI=1S/C16H20N2OS/c19-16(18-11-5-6-12-18)10-4-3-9-15-17-13-7-1-2-8-14(13)20-15/h1-2,7-8H,3-6,9-12H2. The summed E-state index contributed by atoms with van der Waals surface area (Å²) in [5.41, 5.74) is 1.10. The van der Waals surface area contributed by atoms with Crippen molar-refractivity contribution in [3.8, 4) is 0 Å². The van der Waals surface area contributed by atoms with Gasteiger partial charge in [0.05, 0.1) is 15.2 Å². The maximum atomic E-state index is 11.9. The fourth-order valence-electron chi connectivity index (χ4n) is 2.70. The molecular formula is C16H20N2OS. The number of fused-ring (bicyclic) bond motifs is 1. The summed E-state index contributed by atoms with van der Waals surface area (Å²) in [7, 11) is 0. The molecule has 0 spiro atoms. The Morgan fingerprint density at radius 3 is 2.80 bits per heavy atom. The molecule has 20 heavy (non-hydrogen) atoms. The summed E-state index contributed by atoms with van der Waals surface area (Å²) in [6.45, 7) is 1.94. The van der Waals surface area contributed by atoms with Crippen LogP contribution in [0.5, 0.6) is 0 Å². The number of rotatable bonds is 5. The van der Waals surface area contributed by atoms with E-state index in [4.69, 9.17) is 0 Å². The van der Waals surface area contributed by atoms with Gasteiger partial charge in [-0.2, -0.15) is 0 Å². The van der Waals surface area contributed by atoms with E-state index in [1.54, 1.807) is 11.3 Å². The first-order chi connectivity index (χ1) is 9.83. The van der Waals surface area contributed by atoms with E-state index in [2.05, 4.69) is 23.2 Å². The van der Waals surface area contributed by atoms with E-state index in [9.17, 15) is 4.79 Å². The summed E-state index contributed by atoms with van der Waals surface area (Å²) in [6, 6.07) is 8.26. The fourth-order valence-corrected chi connectivity index (χ4v) is 3.71. The number of para-hydroxylation sites is 1. The number of nitrogens with zero attached hydrogens (tertiary/aromatic N) is 2. The van der Waals surface area contributed by atoms with E-state index in [1.165, 1.54) is 22.5 Å². The number of aryl methyl sites for hydroxylation is 1. The normalized spacial score (nSPS) is 15.1. The van der Waals surface area contributed by atoms with Crippen LogP contribution in [-0.4, -0.2) is 28.9 Å². The summed E-state index contributed by atoms with van der Waals surface area (Å²) < 4.78 is 1.26. The van der Waals surface area contributed by atoms with Gasteiger partial charge >= 0.3 is 0 Å². The molecule has 1 amide bonds. The molecule has 1 saturated heterocycles. The predicted molar refractivity (Wildman–Crippen MR) is 83.0 cm³/mol. The van der Waals surface area contributed by atoms with Gasteiger partial charge in [-0.1, -0.05) is 12.1 Å². The maximum absolute atomic E-state index is 11.9. The van der Waals surface area contributed by atoms with Crippen LogP contribution in [0.1, 0.15) is 37.1 Å². The lowest BCUT2D eigenvalue weighted by Crippen LogP contribution is -2.27. The lowest BCUT2D eigenvalue weighted by atomic mass is 10.2. The largest absolute Gasteiger partial charge is 0.343 e. The van der Waals surface area contributed by atoms with Gasteiger partial charge in [0.2, 0.25) is 5.91 Å².